The van der Waals surface area contributed by atoms with Crippen molar-refractivity contribution in [3.63, 3.8) is 0 Å². The number of guanidine groups is 1. The fraction of sp³-hybridized carbons (Fsp3) is 0.625. The first-order valence-corrected chi connectivity index (χ1v) is 8.40. The van der Waals surface area contributed by atoms with Gasteiger partial charge in [0.1, 0.15) is 0 Å². The van der Waals surface area contributed by atoms with Crippen molar-refractivity contribution in [1.82, 2.24) is 20.2 Å². The summed E-state index contributed by atoms with van der Waals surface area (Å²) >= 11 is 0. The first-order chi connectivity index (χ1) is 11.6. The van der Waals surface area contributed by atoms with Crippen LogP contribution in [0.15, 0.2) is 23.5 Å². The Morgan fingerprint density at radius 3 is 2.52 bits per heavy atom. The SMILES string of the molecule is CC(C)CN=C(N)NCCC(=O)N1CCN(c2ncccn2)CC1.I. The van der Waals surface area contributed by atoms with Crippen LogP contribution in [0.2, 0.25) is 0 Å². The summed E-state index contributed by atoms with van der Waals surface area (Å²) < 4.78 is 0. The van der Waals surface area contributed by atoms with Crippen LogP contribution in [-0.2, 0) is 4.79 Å². The van der Waals surface area contributed by atoms with Crippen LogP contribution in [0, 0.1) is 5.92 Å². The maximum Gasteiger partial charge on any atom is 0.225 e. The summed E-state index contributed by atoms with van der Waals surface area (Å²) in [6, 6.07) is 1.80. The Morgan fingerprint density at radius 2 is 1.92 bits per heavy atom. The fourth-order valence-electron chi connectivity index (χ4n) is 2.40. The molecule has 0 spiro atoms. The molecule has 1 amide bonds. The van der Waals surface area contributed by atoms with Gasteiger partial charge in [0.25, 0.3) is 0 Å². The van der Waals surface area contributed by atoms with Crippen molar-refractivity contribution >= 4 is 41.8 Å². The number of hydrogen-bond acceptors (Lipinski definition) is 5. The van der Waals surface area contributed by atoms with Gasteiger partial charge in [-0.25, -0.2) is 9.97 Å². The highest BCUT2D eigenvalue weighted by molar-refractivity contribution is 14.0. The van der Waals surface area contributed by atoms with Crippen molar-refractivity contribution in [2.75, 3.05) is 44.2 Å². The van der Waals surface area contributed by atoms with E-state index in [1.54, 1.807) is 18.5 Å². The van der Waals surface area contributed by atoms with E-state index in [1.807, 2.05) is 4.90 Å². The lowest BCUT2D eigenvalue weighted by Gasteiger charge is -2.34. The summed E-state index contributed by atoms with van der Waals surface area (Å²) in [5, 5.41) is 2.99. The largest absolute Gasteiger partial charge is 0.370 e. The van der Waals surface area contributed by atoms with E-state index >= 15 is 0 Å². The van der Waals surface area contributed by atoms with Crippen LogP contribution in [0.25, 0.3) is 0 Å². The molecular weight excluding hydrogens is 433 g/mol. The van der Waals surface area contributed by atoms with Gasteiger partial charge >= 0.3 is 0 Å². The number of nitrogens with one attached hydrogen (secondary N) is 1. The predicted octanol–water partition coefficient (Wildman–Crippen LogP) is 0.694. The van der Waals surface area contributed by atoms with Crippen molar-refractivity contribution < 1.29 is 4.79 Å². The number of carbonyl (C=O) groups excluding carboxylic acids is 1. The number of aromatic nitrogens is 2. The van der Waals surface area contributed by atoms with Gasteiger partial charge in [0.15, 0.2) is 5.96 Å². The van der Waals surface area contributed by atoms with Gasteiger partial charge < -0.3 is 20.9 Å². The van der Waals surface area contributed by atoms with Crippen molar-refractivity contribution in [1.29, 1.82) is 0 Å². The average Bonchev–Trinajstić information content (AvgIpc) is 2.61. The van der Waals surface area contributed by atoms with Gasteiger partial charge in [-0.05, 0) is 12.0 Å². The Bertz CT molecular complexity index is 545. The molecular formula is C16H28IN7O. The van der Waals surface area contributed by atoms with Gasteiger partial charge in [-0.1, -0.05) is 13.8 Å². The molecule has 8 nitrogen and oxygen atoms in total. The molecule has 25 heavy (non-hydrogen) atoms. The smallest absolute Gasteiger partial charge is 0.225 e. The van der Waals surface area contributed by atoms with Gasteiger partial charge in [0, 0.05) is 58.1 Å². The molecule has 1 saturated heterocycles. The van der Waals surface area contributed by atoms with E-state index in [1.165, 1.54) is 0 Å². The number of hydrogen-bond donors (Lipinski definition) is 2. The molecule has 0 bridgehead atoms. The second-order valence-corrected chi connectivity index (χ2v) is 6.21. The van der Waals surface area contributed by atoms with Crippen LogP contribution in [0.3, 0.4) is 0 Å². The second-order valence-electron chi connectivity index (χ2n) is 6.21. The third-order valence-electron chi connectivity index (χ3n) is 3.74. The van der Waals surface area contributed by atoms with E-state index in [4.69, 9.17) is 5.73 Å². The number of halogens is 1. The zero-order chi connectivity index (χ0) is 17.4. The molecule has 140 valence electrons. The number of piperazine rings is 1. The number of carbonyl (C=O) groups is 1. The van der Waals surface area contributed by atoms with E-state index in [-0.39, 0.29) is 29.9 Å². The molecule has 9 heteroatoms. The number of anilines is 1. The Labute approximate surface area is 166 Å². The number of aliphatic imine (C=N–C) groups is 1. The van der Waals surface area contributed by atoms with Crippen LogP contribution < -0.4 is 16.0 Å². The number of amides is 1. The minimum absolute atomic E-state index is 0. The normalized spacial score (nSPS) is 15.1. The molecule has 0 saturated carbocycles. The summed E-state index contributed by atoms with van der Waals surface area (Å²) in [5.41, 5.74) is 5.76. The highest BCUT2D eigenvalue weighted by Gasteiger charge is 2.21. The molecule has 0 aromatic carbocycles. The van der Waals surface area contributed by atoms with E-state index in [9.17, 15) is 4.79 Å². The van der Waals surface area contributed by atoms with E-state index in [2.05, 4.69) is 39.0 Å². The van der Waals surface area contributed by atoms with Crippen LogP contribution in [-0.4, -0.2) is 66.0 Å². The summed E-state index contributed by atoms with van der Waals surface area (Å²) in [4.78, 5) is 28.9. The minimum Gasteiger partial charge on any atom is -0.370 e. The molecule has 1 fully saturated rings. The van der Waals surface area contributed by atoms with Gasteiger partial charge in [-0.3, -0.25) is 9.79 Å². The highest BCUT2D eigenvalue weighted by atomic mass is 127. The quantitative estimate of drug-likeness (QED) is 0.368. The topological polar surface area (TPSA) is 99.7 Å². The van der Waals surface area contributed by atoms with E-state index in [0.29, 0.717) is 44.5 Å². The molecule has 1 aliphatic heterocycles. The predicted molar refractivity (Wildman–Crippen MR) is 110 cm³/mol. The molecule has 1 aromatic rings. The van der Waals surface area contributed by atoms with Gasteiger partial charge in [-0.15, -0.1) is 24.0 Å². The molecule has 1 aromatic heterocycles. The number of rotatable bonds is 6. The average molecular weight is 461 g/mol. The van der Waals surface area contributed by atoms with Gasteiger partial charge in [0.2, 0.25) is 11.9 Å². The summed E-state index contributed by atoms with van der Waals surface area (Å²) in [7, 11) is 0. The third kappa shape index (κ3) is 7.41. The molecule has 2 heterocycles. The van der Waals surface area contributed by atoms with E-state index < -0.39 is 0 Å². The first-order valence-electron chi connectivity index (χ1n) is 8.40. The highest BCUT2D eigenvalue weighted by Crippen LogP contribution is 2.10. The van der Waals surface area contributed by atoms with Gasteiger partial charge in [0.05, 0.1) is 0 Å². The molecule has 1 aliphatic rings. The monoisotopic (exact) mass is 461 g/mol. The molecule has 0 atom stereocenters. The van der Waals surface area contributed by atoms with Crippen molar-refractivity contribution in [3.05, 3.63) is 18.5 Å². The van der Waals surface area contributed by atoms with Crippen LogP contribution >= 0.6 is 24.0 Å². The van der Waals surface area contributed by atoms with Gasteiger partial charge in [-0.2, -0.15) is 0 Å². The zero-order valence-corrected chi connectivity index (χ0v) is 17.2. The van der Waals surface area contributed by atoms with Crippen LogP contribution in [0.4, 0.5) is 5.95 Å². The molecule has 0 aliphatic carbocycles. The van der Waals surface area contributed by atoms with Crippen molar-refractivity contribution in [2.45, 2.75) is 20.3 Å². The second kappa shape index (κ2) is 11.1. The Hall–Kier alpha value is -1.65. The maximum absolute atomic E-state index is 12.2. The summed E-state index contributed by atoms with van der Waals surface area (Å²) in [5.74, 6) is 1.73. The first kappa shape index (κ1) is 21.4. The van der Waals surface area contributed by atoms with E-state index in [0.717, 1.165) is 19.0 Å². The molecule has 3 N–H and O–H groups in total. The lowest BCUT2D eigenvalue weighted by molar-refractivity contribution is -0.131. The number of nitrogens with two attached hydrogens (primary N) is 1. The van der Waals surface area contributed by atoms with Crippen molar-refractivity contribution in [2.24, 2.45) is 16.6 Å². The molecule has 2 rings (SSSR count). The third-order valence-corrected chi connectivity index (χ3v) is 3.74. The lowest BCUT2D eigenvalue weighted by atomic mass is 10.2. The molecule has 0 unspecified atom stereocenters. The number of nitrogens with zero attached hydrogens (tertiary/aromatic N) is 5. The van der Waals surface area contributed by atoms with Crippen LogP contribution in [0.1, 0.15) is 20.3 Å². The Balaban J connectivity index is 0.00000312. The minimum atomic E-state index is 0. The standard InChI is InChI=1S/C16H27N7O.HI/c1-13(2)12-21-15(17)18-7-4-14(24)22-8-10-23(11-9-22)16-19-5-3-6-20-16;/h3,5-6,13H,4,7-12H2,1-2H3,(H3,17,18,21);1H. The zero-order valence-electron chi connectivity index (χ0n) is 14.9. The van der Waals surface area contributed by atoms with Crippen molar-refractivity contribution in [3.8, 4) is 0 Å². The Kier molecular flexibility index (Phi) is 9.46. The lowest BCUT2D eigenvalue weighted by Crippen LogP contribution is -2.49. The molecule has 0 radical (unpaired) electrons. The Morgan fingerprint density at radius 1 is 1.28 bits per heavy atom. The fourth-order valence-corrected chi connectivity index (χ4v) is 2.40. The summed E-state index contributed by atoms with van der Waals surface area (Å²) in [6.07, 6.45) is 3.88. The summed E-state index contributed by atoms with van der Waals surface area (Å²) in [6.45, 7) is 8.25. The van der Waals surface area contributed by atoms with Crippen LogP contribution in [0.5, 0.6) is 0 Å². The maximum atomic E-state index is 12.2.